The second kappa shape index (κ2) is 5.75. The summed E-state index contributed by atoms with van der Waals surface area (Å²) in [7, 11) is 0. The molecule has 20 heavy (non-hydrogen) atoms. The van der Waals surface area contributed by atoms with Crippen molar-refractivity contribution in [1.82, 2.24) is 9.97 Å². The molecule has 6 heteroatoms. The summed E-state index contributed by atoms with van der Waals surface area (Å²) < 4.78 is 5.48. The number of hydrogen-bond donors (Lipinski definition) is 2. The van der Waals surface area contributed by atoms with E-state index in [0.29, 0.717) is 13.0 Å². The van der Waals surface area contributed by atoms with Crippen LogP contribution in [-0.2, 0) is 22.4 Å². The van der Waals surface area contributed by atoms with Crippen LogP contribution in [0.1, 0.15) is 36.9 Å². The number of fused-ring (bicyclic) bond motifs is 1. The van der Waals surface area contributed by atoms with Crippen LogP contribution in [0.25, 0.3) is 0 Å². The largest absolute Gasteiger partial charge is 0.479 e. The van der Waals surface area contributed by atoms with Gasteiger partial charge >= 0.3 is 5.97 Å². The minimum absolute atomic E-state index is 0.0506. The number of anilines is 1. The van der Waals surface area contributed by atoms with Gasteiger partial charge in [-0.25, -0.2) is 14.8 Å². The maximum Gasteiger partial charge on any atom is 0.332 e. The number of carbonyl (C=O) groups is 1. The highest BCUT2D eigenvalue weighted by Gasteiger charge is 2.30. The molecule has 1 saturated heterocycles. The van der Waals surface area contributed by atoms with Gasteiger partial charge in [0.15, 0.2) is 6.10 Å². The Labute approximate surface area is 117 Å². The lowest BCUT2D eigenvalue weighted by atomic mass is 9.96. The smallest absolute Gasteiger partial charge is 0.332 e. The van der Waals surface area contributed by atoms with Crippen molar-refractivity contribution in [3.05, 3.63) is 17.6 Å². The minimum Gasteiger partial charge on any atom is -0.479 e. The highest BCUT2D eigenvalue weighted by Crippen LogP contribution is 2.25. The van der Waals surface area contributed by atoms with E-state index < -0.39 is 12.1 Å². The standard InChI is InChI=1S/C14H19N3O3/c18-14(19)12-6-5-9(20-12)7-15-13-10-3-1-2-4-11(10)16-8-17-13/h8-9,12H,1-7H2,(H,18,19)(H,15,16,17). The third-order valence-corrected chi connectivity index (χ3v) is 4.01. The summed E-state index contributed by atoms with van der Waals surface area (Å²) in [4.78, 5) is 19.5. The van der Waals surface area contributed by atoms with Crippen LogP contribution < -0.4 is 5.32 Å². The fourth-order valence-electron chi connectivity index (χ4n) is 2.92. The average molecular weight is 277 g/mol. The van der Waals surface area contributed by atoms with E-state index in [-0.39, 0.29) is 6.10 Å². The molecule has 2 N–H and O–H groups in total. The van der Waals surface area contributed by atoms with Crippen molar-refractivity contribution in [2.24, 2.45) is 0 Å². The molecule has 108 valence electrons. The predicted octanol–water partition coefficient (Wildman–Crippen LogP) is 1.40. The number of ether oxygens (including phenoxy) is 1. The molecule has 2 atom stereocenters. The molecule has 1 aliphatic heterocycles. The molecule has 2 heterocycles. The summed E-state index contributed by atoms with van der Waals surface area (Å²) in [5.41, 5.74) is 2.36. The van der Waals surface area contributed by atoms with Crippen molar-refractivity contribution < 1.29 is 14.6 Å². The highest BCUT2D eigenvalue weighted by atomic mass is 16.5. The lowest BCUT2D eigenvalue weighted by Crippen LogP contribution is -2.25. The van der Waals surface area contributed by atoms with E-state index in [2.05, 4.69) is 15.3 Å². The highest BCUT2D eigenvalue weighted by molar-refractivity contribution is 5.72. The van der Waals surface area contributed by atoms with Crippen molar-refractivity contribution >= 4 is 11.8 Å². The molecule has 1 aliphatic carbocycles. The number of carboxylic acid groups (broad SMARTS) is 1. The van der Waals surface area contributed by atoms with Crippen molar-refractivity contribution in [2.75, 3.05) is 11.9 Å². The van der Waals surface area contributed by atoms with Crippen molar-refractivity contribution in [3.63, 3.8) is 0 Å². The van der Waals surface area contributed by atoms with Gasteiger partial charge < -0.3 is 15.2 Å². The first kappa shape index (κ1) is 13.3. The molecule has 0 saturated carbocycles. The van der Waals surface area contributed by atoms with Crippen LogP contribution in [0, 0.1) is 0 Å². The van der Waals surface area contributed by atoms with Gasteiger partial charge in [-0.15, -0.1) is 0 Å². The van der Waals surface area contributed by atoms with E-state index in [1.54, 1.807) is 6.33 Å². The molecule has 0 radical (unpaired) electrons. The number of carboxylic acids is 1. The third-order valence-electron chi connectivity index (χ3n) is 4.01. The normalized spacial score (nSPS) is 25.2. The summed E-state index contributed by atoms with van der Waals surface area (Å²) in [5.74, 6) is 0.0176. The summed E-state index contributed by atoms with van der Waals surface area (Å²) in [5, 5.41) is 12.2. The zero-order chi connectivity index (χ0) is 13.9. The summed E-state index contributed by atoms with van der Waals surface area (Å²) in [6.07, 6.45) is 6.66. The van der Waals surface area contributed by atoms with E-state index in [1.807, 2.05) is 0 Å². The first-order valence-electron chi connectivity index (χ1n) is 7.19. The van der Waals surface area contributed by atoms with E-state index in [4.69, 9.17) is 9.84 Å². The summed E-state index contributed by atoms with van der Waals surface area (Å²) >= 11 is 0. The number of rotatable bonds is 4. The second-order valence-electron chi connectivity index (χ2n) is 5.40. The van der Waals surface area contributed by atoms with Gasteiger partial charge in [-0.2, -0.15) is 0 Å². The first-order valence-corrected chi connectivity index (χ1v) is 7.19. The lowest BCUT2D eigenvalue weighted by Gasteiger charge is -2.19. The molecule has 2 aliphatic rings. The van der Waals surface area contributed by atoms with Gasteiger partial charge in [0.1, 0.15) is 12.1 Å². The van der Waals surface area contributed by atoms with Crippen LogP contribution in [0.3, 0.4) is 0 Å². The van der Waals surface area contributed by atoms with Gasteiger partial charge in [0.2, 0.25) is 0 Å². The van der Waals surface area contributed by atoms with Crippen LogP contribution in [0.4, 0.5) is 5.82 Å². The van der Waals surface area contributed by atoms with Gasteiger partial charge in [0, 0.05) is 17.8 Å². The van der Waals surface area contributed by atoms with Gasteiger partial charge in [-0.1, -0.05) is 0 Å². The summed E-state index contributed by atoms with van der Waals surface area (Å²) in [6.45, 7) is 0.604. The van der Waals surface area contributed by atoms with Crippen molar-refractivity contribution in [2.45, 2.75) is 50.7 Å². The Bertz CT molecular complexity index is 506. The maximum absolute atomic E-state index is 10.8. The lowest BCUT2D eigenvalue weighted by molar-refractivity contribution is -0.149. The quantitative estimate of drug-likeness (QED) is 0.865. The fraction of sp³-hybridized carbons (Fsp3) is 0.643. The van der Waals surface area contributed by atoms with Gasteiger partial charge in [0.25, 0.3) is 0 Å². The Kier molecular flexibility index (Phi) is 3.82. The molecule has 0 spiro atoms. The van der Waals surface area contributed by atoms with E-state index >= 15 is 0 Å². The Morgan fingerprint density at radius 2 is 2.20 bits per heavy atom. The molecule has 2 unspecified atom stereocenters. The molecule has 0 bridgehead atoms. The zero-order valence-corrected chi connectivity index (χ0v) is 11.3. The van der Waals surface area contributed by atoms with E-state index in [0.717, 1.165) is 30.8 Å². The molecule has 6 nitrogen and oxygen atoms in total. The van der Waals surface area contributed by atoms with Crippen LogP contribution in [-0.4, -0.2) is 39.8 Å². The molecule has 3 rings (SSSR count). The molecule has 1 fully saturated rings. The Balaban J connectivity index is 1.61. The Morgan fingerprint density at radius 3 is 3.00 bits per heavy atom. The molecular weight excluding hydrogens is 258 g/mol. The minimum atomic E-state index is -0.869. The molecule has 0 amide bonds. The summed E-state index contributed by atoms with van der Waals surface area (Å²) in [6, 6.07) is 0. The monoisotopic (exact) mass is 277 g/mol. The topological polar surface area (TPSA) is 84.3 Å². The molecule has 1 aromatic heterocycles. The number of nitrogens with one attached hydrogen (secondary N) is 1. The fourth-order valence-corrected chi connectivity index (χ4v) is 2.92. The zero-order valence-electron chi connectivity index (χ0n) is 11.3. The van der Waals surface area contributed by atoms with E-state index in [1.165, 1.54) is 18.4 Å². The van der Waals surface area contributed by atoms with Crippen LogP contribution in [0.2, 0.25) is 0 Å². The number of aliphatic carboxylic acids is 1. The number of nitrogens with zero attached hydrogens (tertiary/aromatic N) is 2. The average Bonchev–Trinajstić information content (AvgIpc) is 2.94. The number of hydrogen-bond acceptors (Lipinski definition) is 5. The number of aryl methyl sites for hydroxylation is 1. The van der Waals surface area contributed by atoms with Crippen LogP contribution in [0.5, 0.6) is 0 Å². The third kappa shape index (κ3) is 2.75. The van der Waals surface area contributed by atoms with Crippen molar-refractivity contribution in [1.29, 1.82) is 0 Å². The van der Waals surface area contributed by atoms with E-state index in [9.17, 15) is 4.79 Å². The van der Waals surface area contributed by atoms with Crippen molar-refractivity contribution in [3.8, 4) is 0 Å². The Morgan fingerprint density at radius 1 is 1.35 bits per heavy atom. The first-order chi connectivity index (χ1) is 9.74. The molecule has 0 aromatic carbocycles. The van der Waals surface area contributed by atoms with Crippen LogP contribution >= 0.6 is 0 Å². The number of aromatic nitrogens is 2. The molecule has 1 aromatic rings. The van der Waals surface area contributed by atoms with Gasteiger partial charge in [-0.3, -0.25) is 0 Å². The molecular formula is C14H19N3O3. The second-order valence-corrected chi connectivity index (χ2v) is 5.40. The van der Waals surface area contributed by atoms with Gasteiger partial charge in [-0.05, 0) is 38.5 Å². The predicted molar refractivity (Wildman–Crippen MR) is 72.7 cm³/mol. The SMILES string of the molecule is O=C(O)C1CCC(CNc2ncnc3c2CCCC3)O1. The maximum atomic E-state index is 10.8. The van der Waals surface area contributed by atoms with Crippen LogP contribution in [0.15, 0.2) is 6.33 Å². The Hall–Kier alpha value is -1.69. The van der Waals surface area contributed by atoms with Gasteiger partial charge in [0.05, 0.1) is 6.10 Å².